The Balaban J connectivity index is 2.02. The van der Waals surface area contributed by atoms with Crippen LogP contribution in [0.3, 0.4) is 0 Å². The van der Waals surface area contributed by atoms with E-state index >= 15 is 0 Å². The Labute approximate surface area is 163 Å². The first kappa shape index (κ1) is 21.6. The van der Waals surface area contributed by atoms with Crippen molar-refractivity contribution in [3.8, 4) is 5.75 Å². The van der Waals surface area contributed by atoms with E-state index in [1.807, 2.05) is 24.3 Å². The van der Waals surface area contributed by atoms with E-state index in [-0.39, 0.29) is 23.9 Å². The molecule has 0 amide bonds. The summed E-state index contributed by atoms with van der Waals surface area (Å²) in [6.07, 6.45) is 5.30. The zero-order valence-corrected chi connectivity index (χ0v) is 17.4. The molecule has 0 saturated heterocycles. The largest absolute Gasteiger partial charge is 0.497 e. The van der Waals surface area contributed by atoms with Crippen LogP contribution in [0.4, 0.5) is 0 Å². The number of ketones is 1. The van der Waals surface area contributed by atoms with Crippen molar-refractivity contribution < 1.29 is 19.0 Å². The smallest absolute Gasteiger partial charge is 0.142 e. The Hall–Kier alpha value is -1.65. The van der Waals surface area contributed by atoms with Gasteiger partial charge in [-0.05, 0) is 49.8 Å². The van der Waals surface area contributed by atoms with Crippen LogP contribution in [0.25, 0.3) is 0 Å². The lowest BCUT2D eigenvalue weighted by molar-refractivity contribution is -0.143. The van der Waals surface area contributed by atoms with E-state index in [9.17, 15) is 4.79 Å². The fourth-order valence-electron chi connectivity index (χ4n) is 3.68. The summed E-state index contributed by atoms with van der Waals surface area (Å²) in [7, 11) is 3.34. The maximum Gasteiger partial charge on any atom is 0.142 e. The molecule has 1 aliphatic carbocycles. The molecule has 0 unspecified atom stereocenters. The van der Waals surface area contributed by atoms with Crippen LogP contribution in [0, 0.1) is 11.8 Å². The van der Waals surface area contributed by atoms with E-state index in [1.54, 1.807) is 14.2 Å². The molecule has 3 atom stereocenters. The lowest BCUT2D eigenvalue weighted by atomic mass is 9.78. The first-order valence-electron chi connectivity index (χ1n) is 9.93. The summed E-state index contributed by atoms with van der Waals surface area (Å²) in [4.78, 5) is 12.6. The quantitative estimate of drug-likeness (QED) is 0.573. The van der Waals surface area contributed by atoms with E-state index in [4.69, 9.17) is 14.2 Å². The summed E-state index contributed by atoms with van der Waals surface area (Å²) in [6.45, 7) is 7.00. The van der Waals surface area contributed by atoms with E-state index in [1.165, 1.54) is 0 Å². The monoisotopic (exact) mass is 374 g/mol. The fraction of sp³-hybridized carbons (Fsp3) is 0.609. The molecule has 2 rings (SSSR count). The molecule has 0 aromatic heterocycles. The highest BCUT2D eigenvalue weighted by Gasteiger charge is 2.40. The van der Waals surface area contributed by atoms with Crippen molar-refractivity contribution in [3.63, 3.8) is 0 Å². The van der Waals surface area contributed by atoms with Crippen LogP contribution in [-0.2, 0) is 20.9 Å². The zero-order valence-electron chi connectivity index (χ0n) is 17.4. The lowest BCUT2D eigenvalue weighted by Gasteiger charge is -2.36. The van der Waals surface area contributed by atoms with Gasteiger partial charge < -0.3 is 14.2 Å². The van der Waals surface area contributed by atoms with Gasteiger partial charge in [0.2, 0.25) is 0 Å². The molecular formula is C23H34O4. The van der Waals surface area contributed by atoms with Crippen molar-refractivity contribution in [1.29, 1.82) is 0 Å². The van der Waals surface area contributed by atoms with E-state index < -0.39 is 0 Å². The Kier molecular flexibility index (Phi) is 8.52. The highest BCUT2D eigenvalue weighted by molar-refractivity contribution is 5.85. The molecule has 0 bridgehead atoms. The molecule has 1 aromatic rings. The molecule has 1 aromatic carbocycles. The molecule has 0 radical (unpaired) electrons. The summed E-state index contributed by atoms with van der Waals surface area (Å²) in [5, 5.41) is 0. The van der Waals surface area contributed by atoms with Crippen LogP contribution in [0.5, 0.6) is 5.75 Å². The number of benzene rings is 1. The average molecular weight is 375 g/mol. The van der Waals surface area contributed by atoms with Crippen LogP contribution >= 0.6 is 0 Å². The van der Waals surface area contributed by atoms with Gasteiger partial charge in [0.1, 0.15) is 11.5 Å². The van der Waals surface area contributed by atoms with Gasteiger partial charge >= 0.3 is 0 Å². The van der Waals surface area contributed by atoms with Crippen molar-refractivity contribution in [1.82, 2.24) is 0 Å². The molecule has 27 heavy (non-hydrogen) atoms. The first-order valence-corrected chi connectivity index (χ1v) is 9.93. The predicted octanol–water partition coefficient (Wildman–Crippen LogP) is 4.96. The molecule has 4 heteroatoms. The second-order valence-electron chi connectivity index (χ2n) is 7.80. The van der Waals surface area contributed by atoms with Gasteiger partial charge in [0.25, 0.3) is 0 Å². The second kappa shape index (κ2) is 10.6. The summed E-state index contributed by atoms with van der Waals surface area (Å²) in [5.41, 5.74) is 2.20. The molecule has 1 saturated carbocycles. The van der Waals surface area contributed by atoms with Crippen molar-refractivity contribution in [3.05, 3.63) is 41.5 Å². The zero-order chi connectivity index (χ0) is 19.8. The summed E-state index contributed by atoms with van der Waals surface area (Å²) < 4.78 is 17.1. The number of carbonyl (C=O) groups is 1. The second-order valence-corrected chi connectivity index (χ2v) is 7.80. The molecule has 0 N–H and O–H groups in total. The number of methoxy groups -OCH3 is 2. The van der Waals surface area contributed by atoms with Crippen LogP contribution < -0.4 is 4.74 Å². The Morgan fingerprint density at radius 3 is 2.52 bits per heavy atom. The molecule has 150 valence electrons. The maximum atomic E-state index is 12.6. The van der Waals surface area contributed by atoms with Crippen molar-refractivity contribution in [2.75, 3.05) is 14.2 Å². The molecule has 0 aliphatic heterocycles. The van der Waals surface area contributed by atoms with Crippen LogP contribution in [-0.4, -0.2) is 32.2 Å². The van der Waals surface area contributed by atoms with Gasteiger partial charge in [-0.25, -0.2) is 0 Å². The number of carbonyl (C=O) groups excluding carboxylic acids is 1. The predicted molar refractivity (Wildman–Crippen MR) is 108 cm³/mol. The van der Waals surface area contributed by atoms with Gasteiger partial charge in [0, 0.05) is 13.5 Å². The van der Waals surface area contributed by atoms with Crippen LogP contribution in [0.1, 0.15) is 52.0 Å². The lowest BCUT2D eigenvalue weighted by Crippen LogP contribution is -2.45. The Bertz CT molecular complexity index is 618. The summed E-state index contributed by atoms with van der Waals surface area (Å²) in [6, 6.07) is 7.87. The topological polar surface area (TPSA) is 44.8 Å². The van der Waals surface area contributed by atoms with E-state index in [0.717, 1.165) is 29.7 Å². The maximum absolute atomic E-state index is 12.6. The highest BCUT2D eigenvalue weighted by Crippen LogP contribution is 2.32. The third kappa shape index (κ3) is 6.18. The van der Waals surface area contributed by atoms with Crippen molar-refractivity contribution in [2.45, 2.75) is 65.3 Å². The van der Waals surface area contributed by atoms with Crippen LogP contribution in [0.2, 0.25) is 0 Å². The van der Waals surface area contributed by atoms with Gasteiger partial charge in [-0.3, -0.25) is 4.79 Å². The normalized spacial score (nSPS) is 23.7. The van der Waals surface area contributed by atoms with E-state index in [0.29, 0.717) is 25.4 Å². The third-order valence-electron chi connectivity index (χ3n) is 5.31. The minimum atomic E-state index is -0.222. The van der Waals surface area contributed by atoms with Gasteiger partial charge in [0.15, 0.2) is 0 Å². The first-order chi connectivity index (χ1) is 13.0. The van der Waals surface area contributed by atoms with Gasteiger partial charge in [0.05, 0.1) is 31.8 Å². The van der Waals surface area contributed by atoms with Gasteiger partial charge in [-0.15, -0.1) is 0 Å². The Morgan fingerprint density at radius 2 is 1.93 bits per heavy atom. The number of hydrogen-bond donors (Lipinski definition) is 0. The summed E-state index contributed by atoms with van der Waals surface area (Å²) in [5.74, 6) is 1.56. The Morgan fingerprint density at radius 1 is 1.22 bits per heavy atom. The molecule has 4 nitrogen and oxygen atoms in total. The molecule has 0 spiro atoms. The van der Waals surface area contributed by atoms with E-state index in [2.05, 4.69) is 26.8 Å². The number of hydrogen-bond acceptors (Lipinski definition) is 4. The highest BCUT2D eigenvalue weighted by atomic mass is 16.5. The molecule has 1 fully saturated rings. The number of allylic oxidation sites excluding steroid dienone is 1. The van der Waals surface area contributed by atoms with Crippen molar-refractivity contribution in [2.24, 2.45) is 11.8 Å². The number of Topliss-reactive ketones (excluding diaryl/α,β-unsaturated/α-hetero) is 1. The SMILES string of the molecule is COc1ccc(CO[C@@H]2CCC(=O)[C@@H](/C(C)=C/CCC(C)C)[C@@H]2OC)cc1. The van der Waals surface area contributed by atoms with Crippen LogP contribution in [0.15, 0.2) is 35.9 Å². The minimum Gasteiger partial charge on any atom is -0.497 e. The molecular weight excluding hydrogens is 340 g/mol. The number of rotatable bonds is 9. The van der Waals surface area contributed by atoms with Gasteiger partial charge in [-0.2, -0.15) is 0 Å². The average Bonchev–Trinajstić information content (AvgIpc) is 2.66. The third-order valence-corrected chi connectivity index (χ3v) is 5.31. The molecule has 0 heterocycles. The standard InChI is InChI=1S/C23H34O4/c1-16(2)7-6-8-17(3)22-20(24)13-14-21(23(22)26-5)27-15-18-9-11-19(25-4)12-10-18/h8-12,16,21-23H,6-7,13-15H2,1-5H3/b17-8+/t21-,22-,23-/m1/s1. The van der Waals surface area contributed by atoms with Crippen molar-refractivity contribution >= 4 is 5.78 Å². The number of ether oxygens (including phenoxy) is 3. The fourth-order valence-corrected chi connectivity index (χ4v) is 3.68. The minimum absolute atomic E-state index is 0.0757. The van der Waals surface area contributed by atoms with Gasteiger partial charge in [-0.1, -0.05) is 37.6 Å². The molecule has 1 aliphatic rings. The summed E-state index contributed by atoms with van der Waals surface area (Å²) >= 11 is 0.